The van der Waals surface area contributed by atoms with E-state index in [1.54, 1.807) is 7.11 Å². The summed E-state index contributed by atoms with van der Waals surface area (Å²) in [5, 5.41) is 2.61. The van der Waals surface area contributed by atoms with Gasteiger partial charge in [0.1, 0.15) is 0 Å². The van der Waals surface area contributed by atoms with Crippen LogP contribution in [-0.4, -0.2) is 64.6 Å². The van der Waals surface area contributed by atoms with E-state index in [2.05, 4.69) is 5.32 Å². The van der Waals surface area contributed by atoms with Crippen molar-refractivity contribution in [2.45, 2.75) is 37.0 Å². The quantitative estimate of drug-likeness (QED) is 0.488. The SMILES string of the molecule is COCCCNC(=O)COC(=O)c1ccc(S(=O)(=O)N2CCCCCC2)cc1. The van der Waals surface area contributed by atoms with Crippen molar-refractivity contribution >= 4 is 21.9 Å². The molecule has 1 aromatic carbocycles. The summed E-state index contributed by atoms with van der Waals surface area (Å²) in [5.74, 6) is -1.07. The van der Waals surface area contributed by atoms with Gasteiger partial charge in [0.2, 0.25) is 10.0 Å². The Morgan fingerprint density at radius 2 is 1.71 bits per heavy atom. The average molecular weight is 413 g/mol. The first-order valence-corrected chi connectivity index (χ1v) is 10.9. The molecule has 2 rings (SSSR count). The van der Waals surface area contributed by atoms with Gasteiger partial charge in [-0.2, -0.15) is 4.31 Å². The van der Waals surface area contributed by atoms with Gasteiger partial charge in [0.05, 0.1) is 10.5 Å². The van der Waals surface area contributed by atoms with Crippen LogP contribution in [0.15, 0.2) is 29.2 Å². The Hall–Kier alpha value is -1.97. The maximum Gasteiger partial charge on any atom is 0.338 e. The van der Waals surface area contributed by atoms with E-state index in [4.69, 9.17) is 9.47 Å². The molecule has 1 aliphatic heterocycles. The number of ether oxygens (including phenoxy) is 2. The lowest BCUT2D eigenvalue weighted by Gasteiger charge is -2.19. The predicted molar refractivity (Wildman–Crippen MR) is 103 cm³/mol. The van der Waals surface area contributed by atoms with Crippen LogP contribution in [0.1, 0.15) is 42.5 Å². The van der Waals surface area contributed by atoms with Gasteiger partial charge in [-0.25, -0.2) is 13.2 Å². The highest BCUT2D eigenvalue weighted by atomic mass is 32.2. The number of nitrogens with one attached hydrogen (secondary N) is 1. The van der Waals surface area contributed by atoms with Gasteiger partial charge >= 0.3 is 5.97 Å². The normalized spacial score (nSPS) is 15.6. The number of sulfonamides is 1. The Bertz CT molecular complexity index is 740. The third kappa shape index (κ3) is 6.57. The van der Waals surface area contributed by atoms with Crippen molar-refractivity contribution in [2.24, 2.45) is 0 Å². The van der Waals surface area contributed by atoms with Gasteiger partial charge < -0.3 is 14.8 Å². The van der Waals surface area contributed by atoms with E-state index >= 15 is 0 Å². The van der Waals surface area contributed by atoms with Crippen molar-refractivity contribution in [1.29, 1.82) is 0 Å². The number of carbonyl (C=O) groups excluding carboxylic acids is 2. The number of benzene rings is 1. The summed E-state index contributed by atoms with van der Waals surface area (Å²) in [4.78, 5) is 23.8. The smallest absolute Gasteiger partial charge is 0.338 e. The summed E-state index contributed by atoms with van der Waals surface area (Å²) >= 11 is 0. The summed E-state index contributed by atoms with van der Waals surface area (Å²) in [6, 6.07) is 5.62. The van der Waals surface area contributed by atoms with E-state index in [0.29, 0.717) is 32.7 Å². The first-order chi connectivity index (χ1) is 13.4. The standard InChI is InChI=1S/C19H28N2O6S/c1-26-14-6-11-20-18(22)15-27-19(23)16-7-9-17(10-8-16)28(24,25)21-12-4-2-3-5-13-21/h7-10H,2-6,11-15H2,1H3,(H,20,22). The zero-order chi connectivity index (χ0) is 20.4. The van der Waals surface area contributed by atoms with Crippen molar-refractivity contribution in [3.63, 3.8) is 0 Å². The molecule has 1 N–H and O–H groups in total. The highest BCUT2D eigenvalue weighted by Crippen LogP contribution is 2.20. The molecule has 156 valence electrons. The lowest BCUT2D eigenvalue weighted by molar-refractivity contribution is -0.124. The lowest BCUT2D eigenvalue weighted by atomic mass is 10.2. The Morgan fingerprint density at radius 3 is 2.32 bits per heavy atom. The van der Waals surface area contributed by atoms with Crippen LogP contribution in [0, 0.1) is 0 Å². The molecule has 8 nitrogen and oxygen atoms in total. The number of hydrogen-bond donors (Lipinski definition) is 1. The molecule has 0 atom stereocenters. The fraction of sp³-hybridized carbons (Fsp3) is 0.579. The topological polar surface area (TPSA) is 102 Å². The summed E-state index contributed by atoms with van der Waals surface area (Å²) < 4.78 is 36.8. The van der Waals surface area contributed by atoms with Gasteiger partial charge in [-0.15, -0.1) is 0 Å². The molecule has 0 saturated carbocycles. The molecule has 1 aromatic rings. The minimum absolute atomic E-state index is 0.154. The van der Waals surface area contributed by atoms with Crippen LogP contribution in [0.25, 0.3) is 0 Å². The van der Waals surface area contributed by atoms with Gasteiger partial charge in [0, 0.05) is 33.4 Å². The van der Waals surface area contributed by atoms with Gasteiger partial charge in [-0.05, 0) is 43.5 Å². The second-order valence-corrected chi connectivity index (χ2v) is 8.55. The van der Waals surface area contributed by atoms with Crippen molar-refractivity contribution in [3.05, 3.63) is 29.8 Å². The van der Waals surface area contributed by atoms with E-state index < -0.39 is 21.9 Å². The minimum atomic E-state index is -3.56. The number of hydrogen-bond acceptors (Lipinski definition) is 6. The second kappa shape index (κ2) is 11.1. The van der Waals surface area contributed by atoms with Gasteiger partial charge in [-0.1, -0.05) is 12.8 Å². The summed E-state index contributed by atoms with van der Waals surface area (Å²) in [7, 11) is -1.98. The Kier molecular flexibility index (Phi) is 8.88. The molecule has 0 radical (unpaired) electrons. The largest absolute Gasteiger partial charge is 0.452 e. The maximum absolute atomic E-state index is 12.7. The first kappa shape index (κ1) is 22.3. The highest BCUT2D eigenvalue weighted by Gasteiger charge is 2.25. The average Bonchev–Trinajstić information content (AvgIpc) is 2.99. The summed E-state index contributed by atoms with van der Waals surface area (Å²) in [5.41, 5.74) is 0.196. The molecule has 1 amide bonds. The number of methoxy groups -OCH3 is 1. The molecule has 0 aliphatic carbocycles. The number of esters is 1. The van der Waals surface area contributed by atoms with Crippen molar-refractivity contribution < 1.29 is 27.5 Å². The van der Waals surface area contributed by atoms with E-state index in [1.807, 2.05) is 0 Å². The Labute approximate surface area is 166 Å². The molecule has 1 saturated heterocycles. The molecule has 1 heterocycles. The number of rotatable bonds is 9. The highest BCUT2D eigenvalue weighted by molar-refractivity contribution is 7.89. The molecular weight excluding hydrogens is 384 g/mol. The van der Waals surface area contributed by atoms with Gasteiger partial charge in [-0.3, -0.25) is 4.79 Å². The molecule has 0 bridgehead atoms. The third-order valence-electron chi connectivity index (χ3n) is 4.47. The molecule has 9 heteroatoms. The van der Waals surface area contributed by atoms with Crippen LogP contribution >= 0.6 is 0 Å². The van der Waals surface area contributed by atoms with Crippen LogP contribution in [-0.2, 0) is 24.3 Å². The third-order valence-corrected chi connectivity index (χ3v) is 6.39. The molecule has 28 heavy (non-hydrogen) atoms. The molecular formula is C19H28N2O6S. The van der Waals surface area contributed by atoms with E-state index in [0.717, 1.165) is 25.7 Å². The van der Waals surface area contributed by atoms with Gasteiger partial charge in [0.25, 0.3) is 5.91 Å². The second-order valence-electron chi connectivity index (χ2n) is 6.62. The Balaban J connectivity index is 1.88. The molecule has 0 unspecified atom stereocenters. The van der Waals surface area contributed by atoms with Crippen molar-refractivity contribution in [1.82, 2.24) is 9.62 Å². The predicted octanol–water partition coefficient (Wildman–Crippen LogP) is 1.56. The molecule has 0 spiro atoms. The van der Waals surface area contributed by atoms with E-state index in [-0.39, 0.29) is 17.1 Å². The molecule has 1 aliphatic rings. The van der Waals surface area contributed by atoms with Crippen LogP contribution in [0.4, 0.5) is 0 Å². The zero-order valence-corrected chi connectivity index (χ0v) is 17.0. The lowest BCUT2D eigenvalue weighted by Crippen LogP contribution is -2.32. The van der Waals surface area contributed by atoms with Crippen LogP contribution in [0.5, 0.6) is 0 Å². The minimum Gasteiger partial charge on any atom is -0.452 e. The summed E-state index contributed by atoms with van der Waals surface area (Å²) in [6.07, 6.45) is 4.46. The number of amides is 1. The van der Waals surface area contributed by atoms with E-state index in [9.17, 15) is 18.0 Å². The van der Waals surface area contributed by atoms with Crippen LogP contribution < -0.4 is 5.32 Å². The fourth-order valence-electron chi connectivity index (χ4n) is 2.90. The number of carbonyl (C=O) groups is 2. The number of nitrogens with zero attached hydrogens (tertiary/aromatic N) is 1. The molecule has 0 aromatic heterocycles. The van der Waals surface area contributed by atoms with Crippen molar-refractivity contribution in [3.8, 4) is 0 Å². The first-order valence-electron chi connectivity index (χ1n) is 9.48. The Morgan fingerprint density at radius 1 is 1.07 bits per heavy atom. The van der Waals surface area contributed by atoms with Crippen LogP contribution in [0.2, 0.25) is 0 Å². The van der Waals surface area contributed by atoms with Crippen LogP contribution in [0.3, 0.4) is 0 Å². The monoisotopic (exact) mass is 412 g/mol. The molecule has 1 fully saturated rings. The fourth-order valence-corrected chi connectivity index (χ4v) is 4.42. The van der Waals surface area contributed by atoms with E-state index in [1.165, 1.54) is 28.6 Å². The van der Waals surface area contributed by atoms with Gasteiger partial charge in [0.15, 0.2) is 6.61 Å². The summed E-state index contributed by atoms with van der Waals surface area (Å²) in [6.45, 7) is 1.62. The maximum atomic E-state index is 12.7. The van der Waals surface area contributed by atoms with Crippen molar-refractivity contribution in [2.75, 3.05) is 40.0 Å². The zero-order valence-electron chi connectivity index (χ0n) is 16.2.